The van der Waals surface area contributed by atoms with Crippen molar-refractivity contribution in [1.29, 1.82) is 0 Å². The molecule has 0 fully saturated rings. The summed E-state index contributed by atoms with van der Waals surface area (Å²) in [5, 5.41) is 0. The number of hydrogen-bond acceptors (Lipinski definition) is 1. The van der Waals surface area contributed by atoms with Crippen LogP contribution in [0.25, 0.3) is 0 Å². The second-order valence-corrected chi connectivity index (χ2v) is 3.91. The maximum atomic E-state index is 13.0. The Hall–Kier alpha value is -1.19. The maximum absolute atomic E-state index is 13.0. The molecule has 1 nitrogen and oxygen atoms in total. The molecule has 0 saturated heterocycles. The molecule has 0 aromatic heterocycles. The molecule has 0 aliphatic rings. The Morgan fingerprint density at radius 2 is 1.43 bits per heavy atom. The third-order valence-electron chi connectivity index (χ3n) is 1.37. The molecule has 0 aliphatic heterocycles. The van der Waals surface area contributed by atoms with E-state index in [0.717, 1.165) is 0 Å². The Labute approximate surface area is 80.5 Å². The standard InChI is InChI=1S/C10H11F3O/c1-10(2,3)14-9-7(12)4-6(11)5-8(9)13/h4-5H,1-3H3. The molecule has 0 aliphatic carbocycles. The van der Waals surface area contributed by atoms with Crippen molar-refractivity contribution < 1.29 is 17.9 Å². The van der Waals surface area contributed by atoms with Gasteiger partial charge in [0.15, 0.2) is 17.4 Å². The van der Waals surface area contributed by atoms with Gasteiger partial charge in [0, 0.05) is 12.1 Å². The summed E-state index contributed by atoms with van der Waals surface area (Å²) in [7, 11) is 0. The maximum Gasteiger partial charge on any atom is 0.191 e. The second kappa shape index (κ2) is 3.52. The lowest BCUT2D eigenvalue weighted by Gasteiger charge is -2.21. The summed E-state index contributed by atoms with van der Waals surface area (Å²) in [5.74, 6) is -3.56. The quantitative estimate of drug-likeness (QED) is 0.682. The first-order chi connectivity index (χ1) is 6.29. The molecule has 14 heavy (non-hydrogen) atoms. The van der Waals surface area contributed by atoms with Gasteiger partial charge in [0.1, 0.15) is 11.4 Å². The van der Waals surface area contributed by atoms with Gasteiger partial charge in [0.2, 0.25) is 0 Å². The van der Waals surface area contributed by atoms with Crippen molar-refractivity contribution in [2.45, 2.75) is 26.4 Å². The normalized spacial score (nSPS) is 11.6. The Balaban J connectivity index is 3.09. The van der Waals surface area contributed by atoms with Crippen molar-refractivity contribution in [1.82, 2.24) is 0 Å². The van der Waals surface area contributed by atoms with E-state index in [4.69, 9.17) is 4.74 Å². The van der Waals surface area contributed by atoms with Crippen molar-refractivity contribution in [3.05, 3.63) is 29.6 Å². The summed E-state index contributed by atoms with van der Waals surface area (Å²) < 4.78 is 43.6. The lowest BCUT2D eigenvalue weighted by molar-refractivity contribution is 0.117. The van der Waals surface area contributed by atoms with Gasteiger partial charge in [0.05, 0.1) is 0 Å². The van der Waals surface area contributed by atoms with E-state index in [1.165, 1.54) is 0 Å². The summed E-state index contributed by atoms with van der Waals surface area (Å²) >= 11 is 0. The lowest BCUT2D eigenvalue weighted by atomic mass is 10.2. The van der Waals surface area contributed by atoms with Gasteiger partial charge >= 0.3 is 0 Å². The molecule has 1 rings (SSSR count). The van der Waals surface area contributed by atoms with Crippen molar-refractivity contribution >= 4 is 0 Å². The van der Waals surface area contributed by atoms with E-state index in [-0.39, 0.29) is 0 Å². The van der Waals surface area contributed by atoms with Gasteiger partial charge in [-0.1, -0.05) is 0 Å². The van der Waals surface area contributed by atoms with Crippen LogP contribution in [0.4, 0.5) is 13.2 Å². The highest BCUT2D eigenvalue weighted by Crippen LogP contribution is 2.26. The minimum atomic E-state index is -1.03. The van der Waals surface area contributed by atoms with E-state index >= 15 is 0 Å². The van der Waals surface area contributed by atoms with Crippen molar-refractivity contribution in [2.75, 3.05) is 0 Å². The first kappa shape index (κ1) is 10.9. The van der Waals surface area contributed by atoms with Crippen molar-refractivity contribution in [3.63, 3.8) is 0 Å². The van der Waals surface area contributed by atoms with Crippen LogP contribution in [0.1, 0.15) is 20.8 Å². The van der Waals surface area contributed by atoms with E-state index in [2.05, 4.69) is 0 Å². The predicted octanol–water partition coefficient (Wildman–Crippen LogP) is 3.28. The topological polar surface area (TPSA) is 9.23 Å². The zero-order valence-corrected chi connectivity index (χ0v) is 8.20. The highest BCUT2D eigenvalue weighted by Gasteiger charge is 2.19. The molecule has 0 atom stereocenters. The predicted molar refractivity (Wildman–Crippen MR) is 46.7 cm³/mol. The molecule has 4 heteroatoms. The fourth-order valence-electron chi connectivity index (χ4n) is 0.933. The van der Waals surface area contributed by atoms with Gasteiger partial charge in [-0.25, -0.2) is 13.2 Å². The van der Waals surface area contributed by atoms with Crippen LogP contribution < -0.4 is 4.74 Å². The third-order valence-corrected chi connectivity index (χ3v) is 1.37. The number of halogens is 3. The minimum Gasteiger partial charge on any atom is -0.482 e. The number of benzene rings is 1. The molecule has 0 spiro atoms. The third kappa shape index (κ3) is 2.65. The Morgan fingerprint density at radius 3 is 1.79 bits per heavy atom. The summed E-state index contributed by atoms with van der Waals surface area (Å²) in [6.07, 6.45) is 0. The van der Waals surface area contributed by atoms with Crippen molar-refractivity contribution in [2.24, 2.45) is 0 Å². The summed E-state index contributed by atoms with van der Waals surface area (Å²) in [6.45, 7) is 4.94. The van der Waals surface area contributed by atoms with E-state index in [1.807, 2.05) is 0 Å². The van der Waals surface area contributed by atoms with E-state index in [1.54, 1.807) is 20.8 Å². The number of rotatable bonds is 1. The van der Waals surface area contributed by atoms with Crippen LogP contribution in [0.2, 0.25) is 0 Å². The molecule has 1 aromatic rings. The Kier molecular flexibility index (Phi) is 2.73. The average Bonchev–Trinajstić information content (AvgIpc) is 1.95. The molecule has 0 saturated carbocycles. The molecule has 1 aromatic carbocycles. The summed E-state index contributed by atoms with van der Waals surface area (Å²) in [4.78, 5) is 0. The molecule has 0 unspecified atom stereocenters. The molecule has 0 amide bonds. The second-order valence-electron chi connectivity index (χ2n) is 3.91. The zero-order valence-electron chi connectivity index (χ0n) is 8.20. The average molecular weight is 204 g/mol. The van der Waals surface area contributed by atoms with Crippen LogP contribution in [-0.2, 0) is 0 Å². The molecule has 0 radical (unpaired) electrons. The Morgan fingerprint density at radius 1 is 1.00 bits per heavy atom. The van der Waals surface area contributed by atoms with Crippen LogP contribution in [-0.4, -0.2) is 5.60 Å². The smallest absolute Gasteiger partial charge is 0.191 e. The van der Waals surface area contributed by atoms with Crippen LogP contribution in [0.3, 0.4) is 0 Å². The van der Waals surface area contributed by atoms with Crippen LogP contribution >= 0.6 is 0 Å². The largest absolute Gasteiger partial charge is 0.482 e. The zero-order chi connectivity index (χ0) is 10.9. The Bertz CT molecular complexity index is 319. The van der Waals surface area contributed by atoms with Crippen LogP contribution in [0, 0.1) is 17.5 Å². The molecule has 0 N–H and O–H groups in total. The van der Waals surface area contributed by atoms with E-state index in [0.29, 0.717) is 12.1 Å². The van der Waals surface area contributed by atoms with Crippen molar-refractivity contribution in [3.8, 4) is 5.75 Å². The fourth-order valence-corrected chi connectivity index (χ4v) is 0.933. The number of hydrogen-bond donors (Lipinski definition) is 0. The molecular formula is C10H11F3O. The van der Waals surface area contributed by atoms with Crippen LogP contribution in [0.5, 0.6) is 5.75 Å². The SMILES string of the molecule is CC(C)(C)Oc1c(F)cc(F)cc1F. The number of ether oxygens (including phenoxy) is 1. The molecular weight excluding hydrogens is 193 g/mol. The van der Waals surface area contributed by atoms with Gasteiger partial charge < -0.3 is 4.74 Å². The van der Waals surface area contributed by atoms with Gasteiger partial charge in [0.25, 0.3) is 0 Å². The van der Waals surface area contributed by atoms with Crippen LogP contribution in [0.15, 0.2) is 12.1 Å². The first-order valence-corrected chi connectivity index (χ1v) is 4.13. The first-order valence-electron chi connectivity index (χ1n) is 4.13. The van der Waals surface area contributed by atoms with E-state index < -0.39 is 28.8 Å². The molecule has 0 bridgehead atoms. The van der Waals surface area contributed by atoms with Gasteiger partial charge in [-0.3, -0.25) is 0 Å². The van der Waals surface area contributed by atoms with Gasteiger partial charge in [-0.05, 0) is 20.8 Å². The fraction of sp³-hybridized carbons (Fsp3) is 0.400. The minimum absolute atomic E-state index is 0.543. The monoisotopic (exact) mass is 204 g/mol. The highest BCUT2D eigenvalue weighted by molar-refractivity contribution is 5.27. The van der Waals surface area contributed by atoms with E-state index in [9.17, 15) is 13.2 Å². The highest BCUT2D eigenvalue weighted by atomic mass is 19.1. The molecule has 78 valence electrons. The summed E-state index contributed by atoms with van der Waals surface area (Å²) in [5.41, 5.74) is -0.723. The van der Waals surface area contributed by atoms with Gasteiger partial charge in [-0.2, -0.15) is 0 Å². The summed E-state index contributed by atoms with van der Waals surface area (Å²) in [6, 6.07) is 1.17. The van der Waals surface area contributed by atoms with Gasteiger partial charge in [-0.15, -0.1) is 0 Å². The molecule has 0 heterocycles. The lowest BCUT2D eigenvalue weighted by Crippen LogP contribution is -2.24.